The van der Waals surface area contributed by atoms with Crippen molar-refractivity contribution in [3.63, 3.8) is 0 Å². The number of nitrogens with zero attached hydrogens (tertiary/aromatic N) is 3. The summed E-state index contributed by atoms with van der Waals surface area (Å²) in [6, 6.07) is 14.2. The molecular formula is C19H16ClN3O. The molecule has 0 fully saturated rings. The molecule has 0 unspecified atom stereocenters. The Kier molecular flexibility index (Phi) is 3.62. The molecule has 0 bridgehead atoms. The van der Waals surface area contributed by atoms with Crippen LogP contribution in [0.1, 0.15) is 17.0 Å². The predicted octanol–water partition coefficient (Wildman–Crippen LogP) is 5.01. The van der Waals surface area contributed by atoms with Crippen LogP contribution in [0.15, 0.2) is 53.3 Å². The van der Waals surface area contributed by atoms with Gasteiger partial charge < -0.3 is 9.09 Å². The van der Waals surface area contributed by atoms with Crippen molar-refractivity contribution in [2.24, 2.45) is 0 Å². The lowest BCUT2D eigenvalue weighted by atomic mass is 10.0. The first-order chi connectivity index (χ1) is 11.6. The maximum absolute atomic E-state index is 5.95. The molecule has 0 aliphatic heterocycles. The molecule has 2 heterocycles. The number of imidazole rings is 1. The topological polar surface area (TPSA) is 43.9 Å². The highest BCUT2D eigenvalue weighted by molar-refractivity contribution is 6.30. The third-order valence-electron chi connectivity index (χ3n) is 4.21. The molecule has 0 saturated carbocycles. The van der Waals surface area contributed by atoms with Crippen LogP contribution in [-0.2, 0) is 6.54 Å². The van der Waals surface area contributed by atoms with Gasteiger partial charge in [-0.1, -0.05) is 35.0 Å². The Morgan fingerprint density at radius 3 is 2.58 bits per heavy atom. The van der Waals surface area contributed by atoms with Crippen molar-refractivity contribution in [2.75, 3.05) is 0 Å². The number of aromatic nitrogens is 3. The fourth-order valence-corrected chi connectivity index (χ4v) is 3.15. The molecule has 0 N–H and O–H groups in total. The minimum absolute atomic E-state index is 0.748. The molecule has 0 saturated heterocycles. The van der Waals surface area contributed by atoms with Crippen LogP contribution < -0.4 is 0 Å². The summed E-state index contributed by atoms with van der Waals surface area (Å²) in [6.45, 7) is 4.65. The SMILES string of the molecule is Cc1noc(C)c1-c1ccc2c(c1)ncn2Cc1ccc(Cl)cc1. The zero-order chi connectivity index (χ0) is 16.7. The van der Waals surface area contributed by atoms with Crippen LogP contribution in [0, 0.1) is 13.8 Å². The van der Waals surface area contributed by atoms with Crippen LogP contribution >= 0.6 is 11.6 Å². The zero-order valence-electron chi connectivity index (χ0n) is 13.5. The van der Waals surface area contributed by atoms with Gasteiger partial charge in [-0.05, 0) is 49.2 Å². The van der Waals surface area contributed by atoms with E-state index >= 15 is 0 Å². The first-order valence-electron chi connectivity index (χ1n) is 7.74. The van der Waals surface area contributed by atoms with E-state index in [9.17, 15) is 0 Å². The number of hydrogen-bond donors (Lipinski definition) is 0. The summed E-state index contributed by atoms with van der Waals surface area (Å²) < 4.78 is 7.40. The summed E-state index contributed by atoms with van der Waals surface area (Å²) in [4.78, 5) is 4.55. The predicted molar refractivity (Wildman–Crippen MR) is 95.3 cm³/mol. The molecule has 0 aliphatic carbocycles. The lowest BCUT2D eigenvalue weighted by molar-refractivity contribution is 0.393. The first kappa shape index (κ1) is 15.0. The molecule has 2 aromatic heterocycles. The Balaban J connectivity index is 1.72. The van der Waals surface area contributed by atoms with E-state index in [0.717, 1.165) is 45.2 Å². The molecule has 0 spiro atoms. The van der Waals surface area contributed by atoms with Crippen LogP contribution in [0.5, 0.6) is 0 Å². The fraction of sp³-hybridized carbons (Fsp3) is 0.158. The largest absolute Gasteiger partial charge is 0.361 e. The van der Waals surface area contributed by atoms with E-state index in [1.54, 1.807) is 0 Å². The maximum atomic E-state index is 5.95. The second-order valence-corrected chi connectivity index (χ2v) is 6.34. The Morgan fingerprint density at radius 2 is 1.88 bits per heavy atom. The van der Waals surface area contributed by atoms with Gasteiger partial charge in [0.15, 0.2) is 0 Å². The van der Waals surface area contributed by atoms with E-state index in [1.807, 2.05) is 44.4 Å². The lowest BCUT2D eigenvalue weighted by Gasteiger charge is -2.06. The highest BCUT2D eigenvalue weighted by Crippen LogP contribution is 2.29. The molecule has 0 radical (unpaired) electrons. The molecule has 120 valence electrons. The van der Waals surface area contributed by atoms with Gasteiger partial charge in [0.25, 0.3) is 0 Å². The maximum Gasteiger partial charge on any atom is 0.141 e. The summed E-state index contributed by atoms with van der Waals surface area (Å²) in [6.07, 6.45) is 1.87. The van der Waals surface area contributed by atoms with Crippen molar-refractivity contribution in [1.82, 2.24) is 14.7 Å². The molecule has 2 aromatic carbocycles. The summed E-state index contributed by atoms with van der Waals surface area (Å²) in [5.41, 5.74) is 6.27. The van der Waals surface area contributed by atoms with Gasteiger partial charge in [0.1, 0.15) is 5.76 Å². The number of benzene rings is 2. The lowest BCUT2D eigenvalue weighted by Crippen LogP contribution is -1.97. The number of hydrogen-bond acceptors (Lipinski definition) is 3. The smallest absolute Gasteiger partial charge is 0.141 e. The van der Waals surface area contributed by atoms with Gasteiger partial charge in [0.05, 0.1) is 23.1 Å². The fourth-order valence-electron chi connectivity index (χ4n) is 3.03. The summed E-state index contributed by atoms with van der Waals surface area (Å²) in [5, 5.41) is 4.78. The minimum Gasteiger partial charge on any atom is -0.361 e. The Morgan fingerprint density at radius 1 is 1.08 bits per heavy atom. The second-order valence-electron chi connectivity index (χ2n) is 5.90. The van der Waals surface area contributed by atoms with E-state index in [-0.39, 0.29) is 0 Å². The van der Waals surface area contributed by atoms with Gasteiger partial charge in [-0.2, -0.15) is 0 Å². The Hall–Kier alpha value is -2.59. The molecule has 4 nitrogen and oxygen atoms in total. The Bertz CT molecular complexity index is 995. The average Bonchev–Trinajstić information content (AvgIpc) is 3.12. The Labute approximate surface area is 144 Å². The standard InChI is InChI=1S/C19H16ClN3O/c1-12-19(13(2)24-22-12)15-5-8-18-17(9-15)21-11-23(18)10-14-3-6-16(20)7-4-14/h3-9,11H,10H2,1-2H3. The number of rotatable bonds is 3. The van der Waals surface area contributed by atoms with Gasteiger partial charge >= 0.3 is 0 Å². The third kappa shape index (κ3) is 2.59. The highest BCUT2D eigenvalue weighted by atomic mass is 35.5. The van der Waals surface area contributed by atoms with E-state index in [0.29, 0.717) is 0 Å². The molecular weight excluding hydrogens is 322 g/mol. The van der Waals surface area contributed by atoms with Crippen molar-refractivity contribution >= 4 is 22.6 Å². The first-order valence-corrected chi connectivity index (χ1v) is 8.12. The van der Waals surface area contributed by atoms with Gasteiger partial charge in [-0.3, -0.25) is 0 Å². The quantitative estimate of drug-likeness (QED) is 0.528. The third-order valence-corrected chi connectivity index (χ3v) is 4.46. The molecule has 0 aliphatic rings. The molecule has 4 rings (SSSR count). The van der Waals surface area contributed by atoms with Crippen LogP contribution in [0.4, 0.5) is 0 Å². The molecule has 5 heteroatoms. The second kappa shape index (κ2) is 5.80. The van der Waals surface area contributed by atoms with Crippen molar-refractivity contribution in [3.8, 4) is 11.1 Å². The molecule has 24 heavy (non-hydrogen) atoms. The van der Waals surface area contributed by atoms with Gasteiger partial charge in [0.2, 0.25) is 0 Å². The summed E-state index contributed by atoms with van der Waals surface area (Å²) in [5.74, 6) is 0.826. The van der Waals surface area contributed by atoms with E-state index in [4.69, 9.17) is 16.1 Å². The van der Waals surface area contributed by atoms with Gasteiger partial charge in [0, 0.05) is 17.1 Å². The monoisotopic (exact) mass is 337 g/mol. The van der Waals surface area contributed by atoms with Gasteiger partial charge in [-0.25, -0.2) is 4.98 Å². The number of aryl methyl sites for hydroxylation is 2. The van der Waals surface area contributed by atoms with Crippen molar-refractivity contribution in [3.05, 3.63) is 70.8 Å². The molecule has 0 atom stereocenters. The number of fused-ring (bicyclic) bond motifs is 1. The normalized spacial score (nSPS) is 11.3. The van der Waals surface area contributed by atoms with Crippen LogP contribution in [0.3, 0.4) is 0 Å². The van der Waals surface area contributed by atoms with Crippen molar-refractivity contribution < 1.29 is 4.52 Å². The van der Waals surface area contributed by atoms with Crippen LogP contribution in [-0.4, -0.2) is 14.7 Å². The van der Waals surface area contributed by atoms with E-state index in [2.05, 4.69) is 32.9 Å². The summed E-state index contributed by atoms with van der Waals surface area (Å²) >= 11 is 5.95. The van der Waals surface area contributed by atoms with E-state index in [1.165, 1.54) is 5.56 Å². The van der Waals surface area contributed by atoms with Gasteiger partial charge in [-0.15, -0.1) is 0 Å². The highest BCUT2D eigenvalue weighted by Gasteiger charge is 2.13. The van der Waals surface area contributed by atoms with Crippen LogP contribution in [0.25, 0.3) is 22.2 Å². The van der Waals surface area contributed by atoms with Crippen molar-refractivity contribution in [2.45, 2.75) is 20.4 Å². The summed E-state index contributed by atoms with van der Waals surface area (Å²) in [7, 11) is 0. The molecule has 4 aromatic rings. The van der Waals surface area contributed by atoms with Crippen LogP contribution in [0.2, 0.25) is 5.02 Å². The average molecular weight is 338 g/mol. The zero-order valence-corrected chi connectivity index (χ0v) is 14.2. The molecule has 0 amide bonds. The number of halogens is 1. The van der Waals surface area contributed by atoms with E-state index < -0.39 is 0 Å². The van der Waals surface area contributed by atoms with Crippen molar-refractivity contribution in [1.29, 1.82) is 0 Å². The minimum atomic E-state index is 0.748.